The van der Waals surface area contributed by atoms with Gasteiger partial charge >= 0.3 is 0 Å². The second kappa shape index (κ2) is 7.78. The van der Waals surface area contributed by atoms with E-state index in [1.807, 2.05) is 6.92 Å². The van der Waals surface area contributed by atoms with E-state index >= 15 is 0 Å². The third kappa shape index (κ3) is 3.34. The fourth-order valence-electron chi connectivity index (χ4n) is 3.17. The molecule has 0 amide bonds. The standard InChI is InChI=1S/C19H20FN7O/c1-2-3-9-26-16-15(24-19(26)25-10-7-21-8-11-25)12-23-27(18(16)28)13-14-5-4-6-22-17(14)20/h4-6,12,21H,2,7-8,10-11,13H2,1H3. The summed E-state index contributed by atoms with van der Waals surface area (Å²) in [6.45, 7) is 5.17. The molecule has 4 heterocycles. The number of anilines is 1. The van der Waals surface area contributed by atoms with Crippen molar-refractivity contribution < 1.29 is 4.39 Å². The van der Waals surface area contributed by atoms with E-state index < -0.39 is 5.95 Å². The molecule has 3 aromatic heterocycles. The van der Waals surface area contributed by atoms with Gasteiger partial charge in [-0.3, -0.25) is 4.79 Å². The Balaban J connectivity index is 1.84. The smallest absolute Gasteiger partial charge is 0.294 e. The second-order valence-corrected chi connectivity index (χ2v) is 6.42. The van der Waals surface area contributed by atoms with Gasteiger partial charge in [0.2, 0.25) is 11.9 Å². The van der Waals surface area contributed by atoms with Gasteiger partial charge in [0.1, 0.15) is 5.52 Å². The average molecular weight is 381 g/mol. The first kappa shape index (κ1) is 18.1. The van der Waals surface area contributed by atoms with Crippen LogP contribution in [-0.2, 0) is 6.54 Å². The Morgan fingerprint density at radius 2 is 2.14 bits per heavy atom. The van der Waals surface area contributed by atoms with Gasteiger partial charge in [-0.15, -0.1) is 0 Å². The molecule has 8 nitrogen and oxygen atoms in total. The van der Waals surface area contributed by atoms with Crippen molar-refractivity contribution in [3.05, 3.63) is 46.4 Å². The van der Waals surface area contributed by atoms with Crippen LogP contribution in [0.5, 0.6) is 0 Å². The van der Waals surface area contributed by atoms with Crippen LogP contribution < -0.4 is 15.8 Å². The summed E-state index contributed by atoms with van der Waals surface area (Å²) in [4.78, 5) is 23.5. The Morgan fingerprint density at radius 1 is 1.32 bits per heavy atom. The molecule has 28 heavy (non-hydrogen) atoms. The zero-order valence-corrected chi connectivity index (χ0v) is 15.5. The van der Waals surface area contributed by atoms with Crippen LogP contribution in [-0.4, -0.2) is 50.5 Å². The van der Waals surface area contributed by atoms with E-state index in [2.05, 4.69) is 37.2 Å². The summed E-state index contributed by atoms with van der Waals surface area (Å²) in [7, 11) is 0. The van der Waals surface area contributed by atoms with E-state index in [1.165, 1.54) is 17.1 Å². The number of rotatable bonds is 3. The minimum atomic E-state index is -0.614. The predicted molar refractivity (Wildman–Crippen MR) is 104 cm³/mol. The number of hydrogen-bond donors (Lipinski definition) is 1. The van der Waals surface area contributed by atoms with Gasteiger partial charge in [-0.05, 0) is 6.07 Å². The minimum Gasteiger partial charge on any atom is -0.339 e. The lowest BCUT2D eigenvalue weighted by Crippen LogP contribution is -2.44. The molecule has 0 unspecified atom stereocenters. The number of nitrogens with one attached hydrogen (secondary N) is 1. The molecule has 0 atom stereocenters. The van der Waals surface area contributed by atoms with Crippen molar-refractivity contribution in [2.75, 3.05) is 31.1 Å². The summed E-state index contributed by atoms with van der Waals surface area (Å²) in [5.74, 6) is 3.05. The Kier molecular flexibility index (Phi) is 5.04. The predicted octanol–water partition coefficient (Wildman–Crippen LogP) is 0.804. The summed E-state index contributed by atoms with van der Waals surface area (Å²) in [5.41, 5.74) is 0.769. The van der Waals surface area contributed by atoms with E-state index in [1.54, 1.807) is 16.7 Å². The van der Waals surface area contributed by atoms with Crippen LogP contribution in [0, 0.1) is 17.9 Å². The molecule has 1 aliphatic rings. The van der Waals surface area contributed by atoms with Crippen molar-refractivity contribution in [1.29, 1.82) is 0 Å². The molecule has 0 spiro atoms. The van der Waals surface area contributed by atoms with Crippen molar-refractivity contribution >= 4 is 17.0 Å². The van der Waals surface area contributed by atoms with Gasteiger partial charge in [0.25, 0.3) is 5.56 Å². The van der Waals surface area contributed by atoms with Crippen LogP contribution in [0.15, 0.2) is 29.3 Å². The van der Waals surface area contributed by atoms with Crippen LogP contribution in [0.25, 0.3) is 11.0 Å². The van der Waals surface area contributed by atoms with Gasteiger partial charge in [0.05, 0.1) is 12.7 Å². The van der Waals surface area contributed by atoms with Gasteiger partial charge in [0.15, 0.2) is 5.52 Å². The van der Waals surface area contributed by atoms with Crippen LogP contribution in [0.3, 0.4) is 0 Å². The maximum Gasteiger partial charge on any atom is 0.294 e. The van der Waals surface area contributed by atoms with Gasteiger partial charge in [-0.25, -0.2) is 19.2 Å². The van der Waals surface area contributed by atoms with Crippen LogP contribution in [0.4, 0.5) is 10.3 Å². The first-order chi connectivity index (χ1) is 13.7. The lowest BCUT2D eigenvalue weighted by Gasteiger charge is -2.27. The van der Waals surface area contributed by atoms with Gasteiger partial charge in [0, 0.05) is 50.4 Å². The van der Waals surface area contributed by atoms with Crippen LogP contribution in [0.2, 0.25) is 0 Å². The number of pyridine rings is 1. The zero-order valence-electron chi connectivity index (χ0n) is 15.5. The number of nitrogens with zero attached hydrogens (tertiary/aromatic N) is 6. The summed E-state index contributed by atoms with van der Waals surface area (Å²) < 4.78 is 16.8. The van der Waals surface area contributed by atoms with Crippen LogP contribution >= 0.6 is 0 Å². The molecule has 0 aromatic carbocycles. The highest BCUT2D eigenvalue weighted by atomic mass is 19.1. The molecule has 1 N–H and O–H groups in total. The number of imidazole rings is 1. The molecule has 4 rings (SSSR count). The molecular weight excluding hydrogens is 361 g/mol. The van der Waals surface area contributed by atoms with Gasteiger partial charge in [-0.1, -0.05) is 18.9 Å². The van der Waals surface area contributed by atoms with E-state index in [9.17, 15) is 9.18 Å². The quantitative estimate of drug-likeness (QED) is 0.534. The van der Waals surface area contributed by atoms with Crippen molar-refractivity contribution in [3.63, 3.8) is 0 Å². The molecule has 1 aliphatic heterocycles. The lowest BCUT2D eigenvalue weighted by atomic mass is 10.3. The highest BCUT2D eigenvalue weighted by molar-refractivity contribution is 5.78. The van der Waals surface area contributed by atoms with Crippen molar-refractivity contribution in [2.45, 2.75) is 19.9 Å². The molecule has 1 saturated heterocycles. The fourth-order valence-corrected chi connectivity index (χ4v) is 3.17. The molecule has 1 fully saturated rings. The third-order valence-electron chi connectivity index (χ3n) is 4.57. The first-order valence-corrected chi connectivity index (χ1v) is 9.21. The van der Waals surface area contributed by atoms with Crippen molar-refractivity contribution in [1.82, 2.24) is 29.6 Å². The SMILES string of the molecule is CCC#Cn1c(N2CCNCC2)nc2cnn(Cc3cccnc3F)c(=O)c21. The first-order valence-electron chi connectivity index (χ1n) is 9.21. The number of hydrogen-bond acceptors (Lipinski definition) is 6. The minimum absolute atomic E-state index is 0.0101. The summed E-state index contributed by atoms with van der Waals surface area (Å²) in [5, 5.41) is 7.48. The highest BCUT2D eigenvalue weighted by Gasteiger charge is 2.21. The third-order valence-corrected chi connectivity index (χ3v) is 4.57. The Bertz CT molecular complexity index is 1120. The number of aromatic nitrogens is 5. The lowest BCUT2D eigenvalue weighted by molar-refractivity contribution is 0.542. The number of piperazine rings is 1. The van der Waals surface area contributed by atoms with Gasteiger partial charge in [-0.2, -0.15) is 9.49 Å². The fraction of sp³-hybridized carbons (Fsp3) is 0.368. The largest absolute Gasteiger partial charge is 0.339 e. The zero-order chi connectivity index (χ0) is 19.5. The summed E-state index contributed by atoms with van der Waals surface area (Å²) in [6.07, 6.45) is 3.55. The van der Waals surface area contributed by atoms with Crippen LogP contribution in [0.1, 0.15) is 18.9 Å². The Hall–Kier alpha value is -3.25. The average Bonchev–Trinajstić information content (AvgIpc) is 3.10. The molecule has 144 valence electrons. The van der Waals surface area contributed by atoms with E-state index in [0.717, 1.165) is 26.2 Å². The highest BCUT2D eigenvalue weighted by Crippen LogP contribution is 2.19. The van der Waals surface area contributed by atoms with Gasteiger partial charge < -0.3 is 10.2 Å². The van der Waals surface area contributed by atoms with E-state index in [0.29, 0.717) is 29.0 Å². The second-order valence-electron chi connectivity index (χ2n) is 6.42. The molecule has 0 radical (unpaired) electrons. The molecule has 9 heteroatoms. The number of halogens is 1. The molecule has 0 bridgehead atoms. The maximum absolute atomic E-state index is 13.9. The molecule has 3 aromatic rings. The normalized spacial score (nSPS) is 14.1. The van der Waals surface area contributed by atoms with E-state index in [4.69, 9.17) is 0 Å². The number of fused-ring (bicyclic) bond motifs is 1. The summed E-state index contributed by atoms with van der Waals surface area (Å²) >= 11 is 0. The monoisotopic (exact) mass is 381 g/mol. The van der Waals surface area contributed by atoms with Crippen molar-refractivity contribution in [2.24, 2.45) is 0 Å². The Labute approximate surface area is 161 Å². The van der Waals surface area contributed by atoms with Crippen molar-refractivity contribution in [3.8, 4) is 12.0 Å². The Morgan fingerprint density at radius 3 is 2.89 bits per heavy atom. The molecular formula is C19H20FN7O. The maximum atomic E-state index is 13.9. The molecule has 0 saturated carbocycles. The van der Waals surface area contributed by atoms with E-state index in [-0.39, 0.29) is 12.1 Å². The topological polar surface area (TPSA) is 80.9 Å². The molecule has 0 aliphatic carbocycles. The summed E-state index contributed by atoms with van der Waals surface area (Å²) in [6, 6.07) is 6.25.